The second kappa shape index (κ2) is 4.83. The van der Waals surface area contributed by atoms with Crippen LogP contribution in [0.2, 0.25) is 0 Å². The van der Waals surface area contributed by atoms with Crippen molar-refractivity contribution in [3.05, 3.63) is 40.7 Å². The number of benzene rings is 1. The van der Waals surface area contributed by atoms with E-state index in [1.165, 1.54) is 0 Å². The SMILES string of the molecule is COc1ccc(-c2ccc(N)c(=O)[nH]2)cc1OC. The van der Waals surface area contributed by atoms with E-state index in [0.717, 1.165) is 5.56 Å². The van der Waals surface area contributed by atoms with E-state index >= 15 is 0 Å². The number of nitrogen functional groups attached to an aromatic ring is 1. The number of nitrogens with two attached hydrogens (primary N) is 1. The van der Waals surface area contributed by atoms with Crippen molar-refractivity contribution >= 4 is 5.69 Å². The van der Waals surface area contributed by atoms with Gasteiger partial charge in [-0.15, -0.1) is 0 Å². The predicted octanol–water partition coefficient (Wildman–Crippen LogP) is 1.64. The van der Waals surface area contributed by atoms with Gasteiger partial charge in [0.1, 0.15) is 0 Å². The summed E-state index contributed by atoms with van der Waals surface area (Å²) in [6, 6.07) is 8.73. The number of anilines is 1. The van der Waals surface area contributed by atoms with Crippen molar-refractivity contribution in [3.8, 4) is 22.8 Å². The highest BCUT2D eigenvalue weighted by Gasteiger charge is 2.07. The van der Waals surface area contributed by atoms with Crippen molar-refractivity contribution in [2.24, 2.45) is 0 Å². The van der Waals surface area contributed by atoms with Gasteiger partial charge in [-0.3, -0.25) is 4.79 Å². The fraction of sp³-hybridized carbons (Fsp3) is 0.154. The Bertz CT molecular complexity index is 620. The summed E-state index contributed by atoms with van der Waals surface area (Å²) in [7, 11) is 3.13. The van der Waals surface area contributed by atoms with Crippen molar-refractivity contribution in [3.63, 3.8) is 0 Å². The summed E-state index contributed by atoms with van der Waals surface area (Å²) >= 11 is 0. The van der Waals surface area contributed by atoms with Crippen molar-refractivity contribution in [1.29, 1.82) is 0 Å². The smallest absolute Gasteiger partial charge is 0.271 e. The molecule has 0 radical (unpaired) electrons. The molecule has 0 aliphatic carbocycles. The van der Waals surface area contributed by atoms with Gasteiger partial charge in [-0.2, -0.15) is 0 Å². The second-order valence-electron chi connectivity index (χ2n) is 3.73. The van der Waals surface area contributed by atoms with Gasteiger partial charge in [0, 0.05) is 11.3 Å². The number of hydrogen-bond donors (Lipinski definition) is 2. The maximum Gasteiger partial charge on any atom is 0.271 e. The highest BCUT2D eigenvalue weighted by atomic mass is 16.5. The molecular formula is C13H14N2O3. The van der Waals surface area contributed by atoms with Gasteiger partial charge in [0.15, 0.2) is 11.5 Å². The molecule has 94 valence electrons. The van der Waals surface area contributed by atoms with Gasteiger partial charge in [-0.05, 0) is 30.3 Å². The minimum Gasteiger partial charge on any atom is -0.493 e. The average molecular weight is 246 g/mol. The summed E-state index contributed by atoms with van der Waals surface area (Å²) in [6.07, 6.45) is 0. The Morgan fingerprint density at radius 1 is 1.06 bits per heavy atom. The summed E-state index contributed by atoms with van der Waals surface area (Å²) in [6.45, 7) is 0. The quantitative estimate of drug-likeness (QED) is 0.863. The normalized spacial score (nSPS) is 10.1. The zero-order valence-electron chi connectivity index (χ0n) is 10.2. The molecule has 0 aliphatic heterocycles. The molecule has 18 heavy (non-hydrogen) atoms. The second-order valence-corrected chi connectivity index (χ2v) is 3.73. The molecule has 3 N–H and O–H groups in total. The van der Waals surface area contributed by atoms with Crippen LogP contribution in [0.4, 0.5) is 5.69 Å². The summed E-state index contributed by atoms with van der Waals surface area (Å²) in [5.74, 6) is 1.24. The fourth-order valence-corrected chi connectivity index (χ4v) is 1.66. The Hall–Kier alpha value is -2.43. The van der Waals surface area contributed by atoms with Gasteiger partial charge in [0.25, 0.3) is 5.56 Å². The molecule has 0 atom stereocenters. The standard InChI is InChI=1S/C13H14N2O3/c1-17-11-6-3-8(7-12(11)18-2)10-5-4-9(14)13(16)15-10/h3-7H,14H2,1-2H3,(H,15,16). The molecule has 0 saturated heterocycles. The fourth-order valence-electron chi connectivity index (χ4n) is 1.66. The predicted molar refractivity (Wildman–Crippen MR) is 70.0 cm³/mol. The largest absolute Gasteiger partial charge is 0.493 e. The van der Waals surface area contributed by atoms with Gasteiger partial charge in [0.2, 0.25) is 0 Å². The van der Waals surface area contributed by atoms with Gasteiger partial charge in [-0.25, -0.2) is 0 Å². The molecule has 1 aromatic heterocycles. The lowest BCUT2D eigenvalue weighted by atomic mass is 10.1. The molecule has 0 fully saturated rings. The Labute approximate surface area is 104 Å². The molecule has 0 spiro atoms. The van der Waals surface area contributed by atoms with Crippen molar-refractivity contribution in [2.75, 3.05) is 20.0 Å². The lowest BCUT2D eigenvalue weighted by Crippen LogP contribution is -2.11. The van der Waals surface area contributed by atoms with Crippen molar-refractivity contribution in [1.82, 2.24) is 4.98 Å². The molecule has 0 saturated carbocycles. The Kier molecular flexibility index (Phi) is 3.23. The van der Waals surface area contributed by atoms with Gasteiger partial charge in [-0.1, -0.05) is 0 Å². The Morgan fingerprint density at radius 3 is 2.39 bits per heavy atom. The average Bonchev–Trinajstić information content (AvgIpc) is 2.41. The zero-order valence-corrected chi connectivity index (χ0v) is 10.2. The highest BCUT2D eigenvalue weighted by molar-refractivity contribution is 5.64. The number of aromatic amines is 1. The zero-order chi connectivity index (χ0) is 13.1. The lowest BCUT2D eigenvalue weighted by molar-refractivity contribution is 0.355. The summed E-state index contributed by atoms with van der Waals surface area (Å²) < 4.78 is 10.4. The Balaban J connectivity index is 2.50. The molecule has 1 aromatic carbocycles. The first-order valence-electron chi connectivity index (χ1n) is 5.37. The topological polar surface area (TPSA) is 77.3 Å². The van der Waals surface area contributed by atoms with Crippen LogP contribution in [0.3, 0.4) is 0 Å². The molecule has 0 unspecified atom stereocenters. The lowest BCUT2D eigenvalue weighted by Gasteiger charge is -2.09. The highest BCUT2D eigenvalue weighted by Crippen LogP contribution is 2.31. The third-order valence-corrected chi connectivity index (χ3v) is 2.63. The van der Waals surface area contributed by atoms with Crippen LogP contribution < -0.4 is 20.8 Å². The van der Waals surface area contributed by atoms with E-state index < -0.39 is 0 Å². The van der Waals surface area contributed by atoms with E-state index in [1.807, 2.05) is 6.07 Å². The number of hydrogen-bond acceptors (Lipinski definition) is 4. The van der Waals surface area contributed by atoms with Crippen LogP contribution in [-0.4, -0.2) is 19.2 Å². The third-order valence-electron chi connectivity index (χ3n) is 2.63. The van der Waals surface area contributed by atoms with Crippen LogP contribution >= 0.6 is 0 Å². The number of H-pyrrole nitrogens is 1. The first-order valence-corrected chi connectivity index (χ1v) is 5.37. The van der Waals surface area contributed by atoms with E-state index in [0.29, 0.717) is 17.2 Å². The molecule has 0 bridgehead atoms. The van der Waals surface area contributed by atoms with Crippen LogP contribution in [-0.2, 0) is 0 Å². The number of pyridine rings is 1. The maximum absolute atomic E-state index is 11.5. The van der Waals surface area contributed by atoms with E-state index in [2.05, 4.69) is 4.98 Å². The van der Waals surface area contributed by atoms with E-state index in [9.17, 15) is 4.79 Å². The molecular weight excluding hydrogens is 232 g/mol. The molecule has 0 amide bonds. The van der Waals surface area contributed by atoms with Crippen LogP contribution in [0.1, 0.15) is 0 Å². The van der Waals surface area contributed by atoms with E-state index in [-0.39, 0.29) is 11.2 Å². The van der Waals surface area contributed by atoms with Crippen LogP contribution in [0.5, 0.6) is 11.5 Å². The number of aromatic nitrogens is 1. The molecule has 2 rings (SSSR count). The molecule has 0 aliphatic rings. The molecule has 5 nitrogen and oxygen atoms in total. The minimum absolute atomic E-state index is 0.194. The van der Waals surface area contributed by atoms with Crippen molar-refractivity contribution < 1.29 is 9.47 Å². The summed E-state index contributed by atoms with van der Waals surface area (Å²) in [4.78, 5) is 14.2. The maximum atomic E-state index is 11.5. The van der Waals surface area contributed by atoms with Crippen LogP contribution in [0.25, 0.3) is 11.3 Å². The summed E-state index contributed by atoms with van der Waals surface area (Å²) in [5.41, 5.74) is 6.87. The number of nitrogens with one attached hydrogen (secondary N) is 1. The number of ether oxygens (including phenoxy) is 2. The van der Waals surface area contributed by atoms with Crippen LogP contribution in [0.15, 0.2) is 35.1 Å². The van der Waals surface area contributed by atoms with Gasteiger partial charge >= 0.3 is 0 Å². The Morgan fingerprint density at radius 2 is 1.78 bits per heavy atom. The van der Waals surface area contributed by atoms with E-state index in [4.69, 9.17) is 15.2 Å². The molecule has 2 aromatic rings. The van der Waals surface area contributed by atoms with Crippen molar-refractivity contribution in [2.45, 2.75) is 0 Å². The third kappa shape index (κ3) is 2.15. The van der Waals surface area contributed by atoms with Gasteiger partial charge in [0.05, 0.1) is 19.9 Å². The monoisotopic (exact) mass is 246 g/mol. The van der Waals surface area contributed by atoms with Gasteiger partial charge < -0.3 is 20.2 Å². The van der Waals surface area contributed by atoms with Crippen LogP contribution in [0, 0.1) is 0 Å². The summed E-state index contributed by atoms with van der Waals surface area (Å²) in [5, 5.41) is 0. The number of methoxy groups -OCH3 is 2. The molecule has 1 heterocycles. The first-order chi connectivity index (χ1) is 8.65. The first kappa shape index (κ1) is 12.0. The van der Waals surface area contributed by atoms with E-state index in [1.54, 1.807) is 38.5 Å². The number of rotatable bonds is 3. The minimum atomic E-state index is -0.303. The molecule has 5 heteroatoms.